The summed E-state index contributed by atoms with van der Waals surface area (Å²) in [7, 11) is 0. The largest absolute Gasteiger partial charge is 0.103 e. The van der Waals surface area contributed by atoms with Gasteiger partial charge in [0.15, 0.2) is 0 Å². The van der Waals surface area contributed by atoms with E-state index < -0.39 is 0 Å². The van der Waals surface area contributed by atoms with Gasteiger partial charge in [-0.3, -0.25) is 0 Å². The molecule has 0 saturated heterocycles. The van der Waals surface area contributed by atoms with Crippen molar-refractivity contribution >= 4 is 0 Å². The van der Waals surface area contributed by atoms with Crippen LogP contribution in [0.15, 0.2) is 12.2 Å². The molecule has 0 aromatic heterocycles. The maximum Gasteiger partial charge on any atom is 0.103 e. The van der Waals surface area contributed by atoms with E-state index in [1.54, 1.807) is 0 Å². The maximum atomic E-state index is 3.59. The predicted octanol–water partition coefficient (Wildman–Crippen LogP) is 1.79. The summed E-state index contributed by atoms with van der Waals surface area (Å²) in [4.78, 5) is 0. The lowest BCUT2D eigenvalue weighted by atomic mass is 10.4. The van der Waals surface area contributed by atoms with Crippen LogP contribution in [0, 0.1) is 6.92 Å². The molecule has 0 saturated carbocycles. The molecule has 0 aliphatic carbocycles. The van der Waals surface area contributed by atoms with Gasteiger partial charge >= 0.3 is 0 Å². The summed E-state index contributed by atoms with van der Waals surface area (Å²) in [5.74, 6) is 0. The zero-order chi connectivity index (χ0) is 4.12. The molecule has 0 atom stereocenters. The third-order valence-electron chi connectivity index (χ3n) is 0.402. The van der Waals surface area contributed by atoms with Gasteiger partial charge in [-0.05, 0) is 13.0 Å². The first-order chi connectivity index (χ1) is 2.41. The van der Waals surface area contributed by atoms with Crippen LogP contribution in [0.5, 0.6) is 0 Å². The Kier molecular flexibility index (Phi) is 3.33. The molecular formula is C5H9+. The highest BCUT2D eigenvalue weighted by Gasteiger charge is 1.60. The summed E-state index contributed by atoms with van der Waals surface area (Å²) in [6.07, 6.45) is 4.92. The Balaban J connectivity index is 2.62. The van der Waals surface area contributed by atoms with Crippen molar-refractivity contribution in [3.8, 4) is 0 Å². The van der Waals surface area contributed by atoms with Gasteiger partial charge in [0.05, 0.1) is 6.92 Å². The quantitative estimate of drug-likeness (QED) is 0.325. The molecule has 0 amide bonds. The van der Waals surface area contributed by atoms with Gasteiger partial charge in [0.1, 0.15) is 6.42 Å². The van der Waals surface area contributed by atoms with Gasteiger partial charge in [-0.25, -0.2) is 0 Å². The van der Waals surface area contributed by atoms with Crippen LogP contribution in [0.25, 0.3) is 0 Å². The zero-order valence-electron chi connectivity index (χ0n) is 3.57. The summed E-state index contributed by atoms with van der Waals surface area (Å²) in [5, 5.41) is 0. The molecule has 0 aromatic rings. The fraction of sp³-hybridized carbons (Fsp3) is 0.400. The third kappa shape index (κ3) is 3.61. The molecule has 0 heteroatoms. The van der Waals surface area contributed by atoms with E-state index in [9.17, 15) is 0 Å². The number of rotatable bonds is 1. The van der Waals surface area contributed by atoms with Crippen LogP contribution in [0.3, 0.4) is 0 Å². The number of hydrogen-bond acceptors (Lipinski definition) is 0. The third-order valence-corrected chi connectivity index (χ3v) is 0.402. The molecule has 0 aliphatic rings. The molecule has 0 heterocycles. The molecular weight excluding hydrogens is 60.1 g/mol. The summed E-state index contributed by atoms with van der Waals surface area (Å²) in [5.41, 5.74) is 0. The van der Waals surface area contributed by atoms with Gasteiger partial charge in [0.2, 0.25) is 0 Å². The summed E-state index contributed by atoms with van der Waals surface area (Å²) in [6, 6.07) is 0. The molecule has 0 fully saturated rings. The molecule has 0 spiro atoms. The van der Waals surface area contributed by atoms with Crippen molar-refractivity contribution in [2.75, 3.05) is 0 Å². The van der Waals surface area contributed by atoms with Crippen LogP contribution in [-0.4, -0.2) is 0 Å². The number of allylic oxidation sites excluding steroid dienone is 2. The lowest BCUT2D eigenvalue weighted by Crippen LogP contribution is -1.44. The molecule has 28 valence electrons. The minimum Gasteiger partial charge on any atom is -0.0875 e. The van der Waals surface area contributed by atoms with Crippen molar-refractivity contribution in [3.63, 3.8) is 0 Å². The Morgan fingerprint density at radius 2 is 2.40 bits per heavy atom. The Morgan fingerprint density at radius 3 is 2.40 bits per heavy atom. The van der Waals surface area contributed by atoms with Gasteiger partial charge < -0.3 is 0 Å². The minimum atomic E-state index is 0.913. The van der Waals surface area contributed by atoms with E-state index in [0.29, 0.717) is 0 Å². The Hall–Kier alpha value is -0.390. The normalized spacial score (nSPS) is 9.80. The van der Waals surface area contributed by atoms with E-state index in [4.69, 9.17) is 0 Å². The van der Waals surface area contributed by atoms with Crippen LogP contribution < -0.4 is 0 Å². The SMILES string of the molecule is [CH2+]CC=CC. The minimum absolute atomic E-state index is 0.913. The molecule has 0 unspecified atom stereocenters. The Labute approximate surface area is 33.5 Å². The molecule has 0 rings (SSSR count). The van der Waals surface area contributed by atoms with E-state index in [0.717, 1.165) is 6.42 Å². The van der Waals surface area contributed by atoms with Crippen molar-refractivity contribution < 1.29 is 0 Å². The number of hydrogen-bond donors (Lipinski definition) is 0. The van der Waals surface area contributed by atoms with E-state index >= 15 is 0 Å². The molecule has 0 aromatic carbocycles. The zero-order valence-corrected chi connectivity index (χ0v) is 3.57. The van der Waals surface area contributed by atoms with Gasteiger partial charge in [0, 0.05) is 0 Å². The molecule has 0 bridgehead atoms. The van der Waals surface area contributed by atoms with Gasteiger partial charge in [0.25, 0.3) is 0 Å². The highest BCUT2D eigenvalue weighted by atomic mass is 13.6. The van der Waals surface area contributed by atoms with Crippen LogP contribution in [-0.2, 0) is 0 Å². The lowest BCUT2D eigenvalue weighted by Gasteiger charge is -1.58. The second kappa shape index (κ2) is 3.61. The second-order valence-corrected chi connectivity index (χ2v) is 0.858. The average Bonchev–Trinajstić information content (AvgIpc) is 1.41. The van der Waals surface area contributed by atoms with Crippen molar-refractivity contribution in [1.29, 1.82) is 0 Å². The van der Waals surface area contributed by atoms with E-state index in [2.05, 4.69) is 6.92 Å². The van der Waals surface area contributed by atoms with Crippen molar-refractivity contribution in [3.05, 3.63) is 19.1 Å². The average molecular weight is 69.1 g/mol. The van der Waals surface area contributed by atoms with Crippen LogP contribution >= 0.6 is 0 Å². The highest BCUT2D eigenvalue weighted by molar-refractivity contribution is 4.76. The van der Waals surface area contributed by atoms with Gasteiger partial charge in [-0.1, -0.05) is 6.08 Å². The monoisotopic (exact) mass is 69.1 g/mol. The molecule has 0 nitrogen and oxygen atoms in total. The standard InChI is InChI=1S/C5H9/c1-3-5-4-2/h4-5H,1,3H2,2H3/q+1. The first-order valence-electron chi connectivity index (χ1n) is 1.82. The van der Waals surface area contributed by atoms with Crippen LogP contribution in [0.1, 0.15) is 13.3 Å². The van der Waals surface area contributed by atoms with Crippen molar-refractivity contribution in [2.45, 2.75) is 13.3 Å². The Morgan fingerprint density at radius 1 is 1.80 bits per heavy atom. The summed E-state index contributed by atoms with van der Waals surface area (Å²) in [6.45, 7) is 5.58. The van der Waals surface area contributed by atoms with Crippen molar-refractivity contribution in [1.82, 2.24) is 0 Å². The fourth-order valence-electron chi connectivity index (χ4n) is 0.167. The van der Waals surface area contributed by atoms with E-state index in [1.165, 1.54) is 0 Å². The van der Waals surface area contributed by atoms with Crippen molar-refractivity contribution in [2.24, 2.45) is 0 Å². The predicted molar refractivity (Wildman–Crippen MR) is 24.8 cm³/mol. The molecule has 0 N–H and O–H groups in total. The lowest BCUT2D eigenvalue weighted by molar-refractivity contribution is 1.39. The van der Waals surface area contributed by atoms with E-state index in [-0.39, 0.29) is 0 Å². The molecule has 5 heavy (non-hydrogen) atoms. The summed E-state index contributed by atoms with van der Waals surface area (Å²) < 4.78 is 0. The fourth-order valence-corrected chi connectivity index (χ4v) is 0.167. The smallest absolute Gasteiger partial charge is 0.0875 e. The topological polar surface area (TPSA) is 0 Å². The van der Waals surface area contributed by atoms with Gasteiger partial charge in [-0.15, -0.1) is 0 Å². The highest BCUT2D eigenvalue weighted by Crippen LogP contribution is 1.72. The van der Waals surface area contributed by atoms with Crippen LogP contribution in [0.2, 0.25) is 0 Å². The Bertz CT molecular complexity index is 27.0. The van der Waals surface area contributed by atoms with E-state index in [1.807, 2.05) is 19.1 Å². The first-order valence-corrected chi connectivity index (χ1v) is 1.82. The second-order valence-electron chi connectivity index (χ2n) is 0.858. The molecule has 0 aliphatic heterocycles. The van der Waals surface area contributed by atoms with Crippen LogP contribution in [0.4, 0.5) is 0 Å². The molecule has 0 radical (unpaired) electrons. The maximum absolute atomic E-state index is 3.59. The summed E-state index contributed by atoms with van der Waals surface area (Å²) >= 11 is 0. The van der Waals surface area contributed by atoms with Gasteiger partial charge in [-0.2, -0.15) is 0 Å². The first kappa shape index (κ1) is 4.61.